The third-order valence-corrected chi connectivity index (χ3v) is 4.42. The van der Waals surface area contributed by atoms with Gasteiger partial charge in [-0.3, -0.25) is 5.10 Å². The SMILES string of the molecule is CCCNc1ncccc1S(=O)(=O)NCc1cn[nH]c1C. The molecule has 8 heteroatoms. The van der Waals surface area contributed by atoms with Crippen molar-refractivity contribution < 1.29 is 8.42 Å². The number of aromatic nitrogens is 3. The first kappa shape index (κ1) is 15.5. The highest BCUT2D eigenvalue weighted by molar-refractivity contribution is 7.89. The highest BCUT2D eigenvalue weighted by Crippen LogP contribution is 2.18. The van der Waals surface area contributed by atoms with Crippen LogP contribution in [0.5, 0.6) is 0 Å². The van der Waals surface area contributed by atoms with Crippen molar-refractivity contribution in [3.63, 3.8) is 0 Å². The Morgan fingerprint density at radius 3 is 2.86 bits per heavy atom. The maximum absolute atomic E-state index is 12.4. The number of H-pyrrole nitrogens is 1. The molecule has 7 nitrogen and oxygen atoms in total. The van der Waals surface area contributed by atoms with E-state index in [1.807, 2.05) is 13.8 Å². The Bertz CT molecular complexity index is 696. The summed E-state index contributed by atoms with van der Waals surface area (Å²) in [6, 6.07) is 3.14. The smallest absolute Gasteiger partial charge is 0.244 e. The molecule has 0 aliphatic rings. The van der Waals surface area contributed by atoms with E-state index in [-0.39, 0.29) is 11.4 Å². The van der Waals surface area contributed by atoms with Crippen molar-refractivity contribution >= 4 is 15.8 Å². The van der Waals surface area contributed by atoms with Crippen LogP contribution in [0.3, 0.4) is 0 Å². The summed E-state index contributed by atoms with van der Waals surface area (Å²) in [5.41, 5.74) is 1.65. The zero-order valence-electron chi connectivity index (χ0n) is 12.0. The first-order valence-corrected chi connectivity index (χ1v) is 8.20. The lowest BCUT2D eigenvalue weighted by molar-refractivity contribution is 0.581. The summed E-state index contributed by atoms with van der Waals surface area (Å²) >= 11 is 0. The number of nitrogens with one attached hydrogen (secondary N) is 3. The Kier molecular flexibility index (Phi) is 4.92. The van der Waals surface area contributed by atoms with Gasteiger partial charge in [-0.1, -0.05) is 6.92 Å². The van der Waals surface area contributed by atoms with E-state index < -0.39 is 10.0 Å². The predicted octanol–water partition coefficient (Wildman–Crippen LogP) is 1.41. The molecule has 0 aliphatic carbocycles. The van der Waals surface area contributed by atoms with Crippen LogP contribution in [0.1, 0.15) is 24.6 Å². The first-order valence-electron chi connectivity index (χ1n) is 6.72. The largest absolute Gasteiger partial charge is 0.369 e. The molecule has 0 unspecified atom stereocenters. The summed E-state index contributed by atoms with van der Waals surface area (Å²) in [7, 11) is -3.63. The molecule has 114 valence electrons. The highest BCUT2D eigenvalue weighted by Gasteiger charge is 2.19. The topological polar surface area (TPSA) is 99.8 Å². The second-order valence-electron chi connectivity index (χ2n) is 4.62. The Hall–Kier alpha value is -1.93. The van der Waals surface area contributed by atoms with Crippen molar-refractivity contribution in [3.8, 4) is 0 Å². The van der Waals surface area contributed by atoms with Gasteiger partial charge in [-0.2, -0.15) is 5.10 Å². The number of anilines is 1. The molecule has 0 bridgehead atoms. The number of sulfonamides is 1. The van der Waals surface area contributed by atoms with Crippen molar-refractivity contribution in [2.24, 2.45) is 0 Å². The third-order valence-electron chi connectivity index (χ3n) is 2.99. The Morgan fingerprint density at radius 1 is 1.38 bits per heavy atom. The molecule has 0 saturated heterocycles. The van der Waals surface area contributed by atoms with E-state index in [1.165, 1.54) is 6.07 Å². The quantitative estimate of drug-likeness (QED) is 0.718. The molecule has 21 heavy (non-hydrogen) atoms. The molecule has 0 atom stereocenters. The summed E-state index contributed by atoms with van der Waals surface area (Å²) in [5.74, 6) is 0.371. The third kappa shape index (κ3) is 3.79. The van der Waals surface area contributed by atoms with Crippen LogP contribution < -0.4 is 10.0 Å². The zero-order valence-corrected chi connectivity index (χ0v) is 12.9. The molecular weight excluding hydrogens is 290 g/mol. The van der Waals surface area contributed by atoms with Gasteiger partial charge in [0, 0.05) is 30.5 Å². The second kappa shape index (κ2) is 6.68. The number of rotatable bonds is 7. The molecule has 0 aliphatic heterocycles. The van der Waals surface area contributed by atoms with E-state index in [0.717, 1.165) is 17.7 Å². The molecular formula is C13H19N5O2S. The lowest BCUT2D eigenvalue weighted by atomic mass is 10.3. The average molecular weight is 309 g/mol. The van der Waals surface area contributed by atoms with E-state index in [4.69, 9.17) is 0 Å². The molecule has 2 rings (SSSR count). The van der Waals surface area contributed by atoms with Gasteiger partial charge in [0.2, 0.25) is 10.0 Å². The van der Waals surface area contributed by atoms with Crippen molar-refractivity contribution in [3.05, 3.63) is 35.8 Å². The zero-order chi connectivity index (χ0) is 15.3. The van der Waals surface area contributed by atoms with Crippen LogP contribution in [-0.2, 0) is 16.6 Å². The standard InChI is InChI=1S/C13H19N5O2S/c1-3-6-14-13-12(5-4-7-15-13)21(19,20)17-9-11-8-16-18-10(11)2/h4-5,7-8,17H,3,6,9H2,1-2H3,(H,14,15)(H,16,18). The van der Waals surface area contributed by atoms with Gasteiger partial charge >= 0.3 is 0 Å². The van der Waals surface area contributed by atoms with Crippen LogP contribution in [0.2, 0.25) is 0 Å². The molecule has 0 spiro atoms. The van der Waals surface area contributed by atoms with E-state index >= 15 is 0 Å². The molecule has 2 aromatic rings. The number of aryl methyl sites for hydroxylation is 1. The van der Waals surface area contributed by atoms with E-state index in [1.54, 1.807) is 18.5 Å². The highest BCUT2D eigenvalue weighted by atomic mass is 32.2. The minimum Gasteiger partial charge on any atom is -0.369 e. The maximum atomic E-state index is 12.4. The Morgan fingerprint density at radius 2 is 2.19 bits per heavy atom. The number of hydrogen-bond donors (Lipinski definition) is 3. The molecule has 3 N–H and O–H groups in total. The van der Waals surface area contributed by atoms with Gasteiger partial charge in [-0.25, -0.2) is 18.1 Å². The van der Waals surface area contributed by atoms with Gasteiger partial charge in [-0.05, 0) is 25.5 Å². The van der Waals surface area contributed by atoms with Gasteiger partial charge in [-0.15, -0.1) is 0 Å². The van der Waals surface area contributed by atoms with Crippen molar-refractivity contribution in [1.82, 2.24) is 19.9 Å². The first-order chi connectivity index (χ1) is 10.0. The van der Waals surface area contributed by atoms with Gasteiger partial charge in [0.15, 0.2) is 0 Å². The monoisotopic (exact) mass is 309 g/mol. The normalized spacial score (nSPS) is 11.5. The maximum Gasteiger partial charge on any atom is 0.244 e. The number of nitrogens with zero attached hydrogens (tertiary/aromatic N) is 2. The molecule has 0 amide bonds. The summed E-state index contributed by atoms with van der Waals surface area (Å²) in [6.07, 6.45) is 4.06. The lowest BCUT2D eigenvalue weighted by Crippen LogP contribution is -2.25. The molecule has 2 aromatic heterocycles. The lowest BCUT2D eigenvalue weighted by Gasteiger charge is -2.11. The van der Waals surface area contributed by atoms with Crippen LogP contribution >= 0.6 is 0 Å². The summed E-state index contributed by atoms with van der Waals surface area (Å²) in [4.78, 5) is 4.25. The molecule has 2 heterocycles. The molecule has 0 radical (unpaired) electrons. The summed E-state index contributed by atoms with van der Waals surface area (Å²) in [5, 5.41) is 9.67. The van der Waals surface area contributed by atoms with E-state index in [2.05, 4.69) is 25.2 Å². The van der Waals surface area contributed by atoms with Crippen LogP contribution in [0, 0.1) is 6.92 Å². The molecule has 0 aromatic carbocycles. The predicted molar refractivity (Wildman–Crippen MR) is 80.4 cm³/mol. The fraction of sp³-hybridized carbons (Fsp3) is 0.385. The van der Waals surface area contributed by atoms with Gasteiger partial charge < -0.3 is 5.32 Å². The van der Waals surface area contributed by atoms with E-state index in [9.17, 15) is 8.42 Å². The Labute approximate surface area is 124 Å². The number of hydrogen-bond acceptors (Lipinski definition) is 5. The molecule has 0 fully saturated rings. The van der Waals surface area contributed by atoms with Crippen molar-refractivity contribution in [2.45, 2.75) is 31.7 Å². The van der Waals surface area contributed by atoms with E-state index in [0.29, 0.717) is 12.4 Å². The summed E-state index contributed by atoms with van der Waals surface area (Å²) < 4.78 is 27.4. The number of aromatic amines is 1. The van der Waals surface area contributed by atoms with Crippen LogP contribution in [-0.4, -0.2) is 30.1 Å². The fourth-order valence-corrected chi connectivity index (χ4v) is 2.93. The van der Waals surface area contributed by atoms with Gasteiger partial charge in [0.25, 0.3) is 0 Å². The molecule has 0 saturated carbocycles. The number of pyridine rings is 1. The van der Waals surface area contributed by atoms with Gasteiger partial charge in [0.05, 0.1) is 6.20 Å². The van der Waals surface area contributed by atoms with Crippen LogP contribution in [0.4, 0.5) is 5.82 Å². The minimum absolute atomic E-state index is 0.152. The fourth-order valence-electron chi connectivity index (χ4n) is 1.79. The van der Waals surface area contributed by atoms with Crippen LogP contribution in [0.15, 0.2) is 29.4 Å². The van der Waals surface area contributed by atoms with Crippen molar-refractivity contribution in [1.29, 1.82) is 0 Å². The van der Waals surface area contributed by atoms with Crippen molar-refractivity contribution in [2.75, 3.05) is 11.9 Å². The minimum atomic E-state index is -3.63. The average Bonchev–Trinajstić information content (AvgIpc) is 2.89. The second-order valence-corrected chi connectivity index (χ2v) is 6.36. The van der Waals surface area contributed by atoms with Crippen LogP contribution in [0.25, 0.3) is 0 Å². The Balaban J connectivity index is 2.17. The van der Waals surface area contributed by atoms with Gasteiger partial charge in [0.1, 0.15) is 10.7 Å². The summed E-state index contributed by atoms with van der Waals surface area (Å²) in [6.45, 7) is 4.70.